The molecule has 1 aliphatic carbocycles. The van der Waals surface area contributed by atoms with Gasteiger partial charge in [-0.2, -0.15) is 0 Å². The summed E-state index contributed by atoms with van der Waals surface area (Å²) in [5, 5.41) is 1.31. The van der Waals surface area contributed by atoms with Crippen molar-refractivity contribution in [3.05, 3.63) is 44.6 Å². The first-order valence-corrected chi connectivity index (χ1v) is 10.7. The molecule has 0 unspecified atom stereocenters. The Hall–Kier alpha value is -2.32. The van der Waals surface area contributed by atoms with E-state index < -0.39 is 0 Å². The molecule has 0 amide bonds. The molecular formula is C20H20N2O4S2. The van der Waals surface area contributed by atoms with Gasteiger partial charge in [-0.05, 0) is 37.0 Å². The molecule has 0 atom stereocenters. The fraction of sp³-hybridized carbons (Fsp3) is 0.350. The highest BCUT2D eigenvalue weighted by molar-refractivity contribution is 7.99. The summed E-state index contributed by atoms with van der Waals surface area (Å²) in [5.41, 5.74) is 1.63. The lowest BCUT2D eigenvalue weighted by molar-refractivity contribution is 0.101. The quantitative estimate of drug-likeness (QED) is 0.348. The number of benzene rings is 1. The zero-order valence-electron chi connectivity index (χ0n) is 15.9. The number of aryl methyl sites for hydroxylation is 2. The summed E-state index contributed by atoms with van der Waals surface area (Å²) in [6, 6.07) is 5.11. The molecule has 2 aromatic heterocycles. The first-order chi connectivity index (χ1) is 13.5. The Kier molecular flexibility index (Phi) is 5.16. The van der Waals surface area contributed by atoms with Crippen molar-refractivity contribution in [3.8, 4) is 11.5 Å². The number of thiophene rings is 1. The first-order valence-electron chi connectivity index (χ1n) is 8.92. The second kappa shape index (κ2) is 7.60. The lowest BCUT2D eigenvalue weighted by atomic mass is 10.1. The van der Waals surface area contributed by atoms with E-state index in [2.05, 4.69) is 4.98 Å². The minimum atomic E-state index is -0.0903. The van der Waals surface area contributed by atoms with Gasteiger partial charge in [-0.3, -0.25) is 14.2 Å². The lowest BCUT2D eigenvalue weighted by Gasteiger charge is -2.10. The Labute approximate surface area is 170 Å². The third-order valence-corrected chi connectivity index (χ3v) is 7.16. The van der Waals surface area contributed by atoms with Crippen LogP contribution in [0.25, 0.3) is 10.2 Å². The standard InChI is InChI=1S/C20H20N2O4S2/c1-22-19(24)17-13-5-4-6-16(13)28-18(17)21-20(22)27-10-14(23)12-8-7-11(25-2)9-15(12)26-3/h7-9H,4-6,10H2,1-3H3. The number of fused-ring (bicyclic) bond motifs is 3. The summed E-state index contributed by atoms with van der Waals surface area (Å²) in [6.07, 6.45) is 3.08. The second-order valence-corrected chi connectivity index (χ2v) is 8.60. The number of ketones is 1. The number of methoxy groups -OCH3 is 2. The minimum absolute atomic E-state index is 0.0265. The van der Waals surface area contributed by atoms with Crippen LogP contribution in [0.5, 0.6) is 11.5 Å². The van der Waals surface area contributed by atoms with Crippen molar-refractivity contribution in [2.24, 2.45) is 7.05 Å². The van der Waals surface area contributed by atoms with Crippen molar-refractivity contribution in [1.29, 1.82) is 0 Å². The van der Waals surface area contributed by atoms with Crippen LogP contribution in [0, 0.1) is 0 Å². The molecule has 1 aromatic carbocycles. The summed E-state index contributed by atoms with van der Waals surface area (Å²) in [5.74, 6) is 1.17. The molecule has 6 nitrogen and oxygen atoms in total. The van der Waals surface area contributed by atoms with E-state index in [1.807, 2.05) is 0 Å². The van der Waals surface area contributed by atoms with E-state index in [1.54, 1.807) is 48.3 Å². The zero-order chi connectivity index (χ0) is 19.8. The fourth-order valence-electron chi connectivity index (χ4n) is 3.47. The Morgan fingerprint density at radius 3 is 2.86 bits per heavy atom. The molecule has 0 spiro atoms. The molecule has 0 N–H and O–H groups in total. The van der Waals surface area contributed by atoms with Crippen LogP contribution in [0.3, 0.4) is 0 Å². The summed E-state index contributed by atoms with van der Waals surface area (Å²) >= 11 is 2.88. The topological polar surface area (TPSA) is 70.4 Å². The average Bonchev–Trinajstić information content (AvgIpc) is 3.29. The summed E-state index contributed by atoms with van der Waals surface area (Å²) < 4.78 is 12.0. The SMILES string of the molecule is COc1ccc(C(=O)CSc2nc3sc4c(c3c(=O)n2C)CCC4)c(OC)c1. The number of thioether (sulfide) groups is 1. The molecular weight excluding hydrogens is 396 g/mol. The van der Waals surface area contributed by atoms with E-state index in [0.29, 0.717) is 22.2 Å². The van der Waals surface area contributed by atoms with E-state index in [9.17, 15) is 9.59 Å². The van der Waals surface area contributed by atoms with E-state index in [4.69, 9.17) is 9.47 Å². The highest BCUT2D eigenvalue weighted by Crippen LogP contribution is 2.35. The number of Topliss-reactive ketones (excluding diaryl/α,β-unsaturated/α-hetero) is 1. The molecule has 0 aliphatic heterocycles. The molecule has 28 heavy (non-hydrogen) atoms. The number of carbonyl (C=O) groups excluding carboxylic acids is 1. The summed E-state index contributed by atoms with van der Waals surface area (Å²) in [4.78, 5) is 32.3. The first kappa shape index (κ1) is 19.0. The van der Waals surface area contributed by atoms with Gasteiger partial charge in [0, 0.05) is 18.0 Å². The molecule has 0 radical (unpaired) electrons. The molecule has 3 aromatic rings. The van der Waals surface area contributed by atoms with Crippen molar-refractivity contribution < 1.29 is 14.3 Å². The number of ether oxygens (including phenoxy) is 2. The van der Waals surface area contributed by atoms with Crippen LogP contribution in [-0.2, 0) is 19.9 Å². The maximum absolute atomic E-state index is 12.9. The third-order valence-electron chi connectivity index (χ3n) is 4.95. The van der Waals surface area contributed by atoms with Gasteiger partial charge in [0.2, 0.25) is 0 Å². The number of hydrogen-bond donors (Lipinski definition) is 0. The number of nitrogens with zero attached hydrogens (tertiary/aromatic N) is 2. The molecule has 0 fully saturated rings. The molecule has 2 heterocycles. The Bertz CT molecular complexity index is 1130. The van der Waals surface area contributed by atoms with Gasteiger partial charge in [-0.25, -0.2) is 4.98 Å². The van der Waals surface area contributed by atoms with Gasteiger partial charge in [0.1, 0.15) is 16.3 Å². The molecule has 0 saturated heterocycles. The van der Waals surface area contributed by atoms with Crippen LogP contribution < -0.4 is 15.0 Å². The summed E-state index contributed by atoms with van der Waals surface area (Å²) in [7, 11) is 4.80. The van der Waals surface area contributed by atoms with Crippen LogP contribution in [0.1, 0.15) is 27.2 Å². The predicted molar refractivity (Wildman–Crippen MR) is 111 cm³/mol. The van der Waals surface area contributed by atoms with E-state index >= 15 is 0 Å². The second-order valence-electron chi connectivity index (χ2n) is 6.57. The molecule has 1 aliphatic rings. The van der Waals surface area contributed by atoms with Gasteiger partial charge < -0.3 is 9.47 Å². The van der Waals surface area contributed by atoms with Crippen LogP contribution in [0.15, 0.2) is 28.2 Å². The highest BCUT2D eigenvalue weighted by atomic mass is 32.2. The van der Waals surface area contributed by atoms with Gasteiger partial charge in [-0.1, -0.05) is 11.8 Å². The molecule has 0 bridgehead atoms. The molecule has 8 heteroatoms. The largest absolute Gasteiger partial charge is 0.497 e. The molecule has 4 rings (SSSR count). The minimum Gasteiger partial charge on any atom is -0.497 e. The van der Waals surface area contributed by atoms with Crippen LogP contribution in [0.4, 0.5) is 0 Å². The smallest absolute Gasteiger partial charge is 0.262 e. The van der Waals surface area contributed by atoms with Crippen molar-refractivity contribution in [2.75, 3.05) is 20.0 Å². The predicted octanol–water partition coefficient (Wildman–Crippen LogP) is 3.48. The van der Waals surface area contributed by atoms with Gasteiger partial charge >= 0.3 is 0 Å². The van der Waals surface area contributed by atoms with Gasteiger partial charge in [-0.15, -0.1) is 11.3 Å². The highest BCUT2D eigenvalue weighted by Gasteiger charge is 2.23. The van der Waals surface area contributed by atoms with E-state index in [1.165, 1.54) is 29.3 Å². The Morgan fingerprint density at radius 1 is 1.29 bits per heavy atom. The zero-order valence-corrected chi connectivity index (χ0v) is 17.5. The van der Waals surface area contributed by atoms with E-state index in [-0.39, 0.29) is 17.1 Å². The van der Waals surface area contributed by atoms with Crippen LogP contribution in [-0.4, -0.2) is 35.3 Å². The monoisotopic (exact) mass is 416 g/mol. The lowest BCUT2D eigenvalue weighted by Crippen LogP contribution is -2.20. The van der Waals surface area contributed by atoms with Crippen LogP contribution in [0.2, 0.25) is 0 Å². The van der Waals surface area contributed by atoms with Gasteiger partial charge in [0.05, 0.1) is 30.9 Å². The van der Waals surface area contributed by atoms with Gasteiger partial charge in [0.15, 0.2) is 10.9 Å². The molecule has 146 valence electrons. The van der Waals surface area contributed by atoms with Gasteiger partial charge in [0.25, 0.3) is 5.56 Å². The normalized spacial score (nSPS) is 13.0. The fourth-order valence-corrected chi connectivity index (χ4v) is 5.63. The third kappa shape index (κ3) is 3.20. The number of aromatic nitrogens is 2. The van der Waals surface area contributed by atoms with Crippen molar-refractivity contribution >= 4 is 39.1 Å². The Balaban J connectivity index is 1.60. The Morgan fingerprint density at radius 2 is 2.11 bits per heavy atom. The van der Waals surface area contributed by atoms with Crippen LogP contribution >= 0.6 is 23.1 Å². The number of carbonyl (C=O) groups is 1. The maximum atomic E-state index is 12.9. The van der Waals surface area contributed by atoms with Crippen molar-refractivity contribution in [1.82, 2.24) is 9.55 Å². The number of hydrogen-bond acceptors (Lipinski definition) is 7. The van der Waals surface area contributed by atoms with E-state index in [0.717, 1.165) is 29.5 Å². The number of rotatable bonds is 6. The average molecular weight is 417 g/mol. The van der Waals surface area contributed by atoms with Crippen molar-refractivity contribution in [2.45, 2.75) is 24.4 Å². The maximum Gasteiger partial charge on any atom is 0.262 e. The molecule has 0 saturated carbocycles. The summed E-state index contributed by atoms with van der Waals surface area (Å²) in [6.45, 7) is 0. The van der Waals surface area contributed by atoms with Crippen molar-refractivity contribution in [3.63, 3.8) is 0 Å².